The molecule has 0 unspecified atom stereocenters. The molecule has 0 aromatic carbocycles. The van der Waals surface area contributed by atoms with Gasteiger partial charge in [-0.15, -0.1) is 0 Å². The van der Waals surface area contributed by atoms with Gasteiger partial charge in [0.05, 0.1) is 5.60 Å². The van der Waals surface area contributed by atoms with Gasteiger partial charge in [-0.25, -0.2) is 0 Å². The van der Waals surface area contributed by atoms with E-state index >= 15 is 0 Å². The van der Waals surface area contributed by atoms with E-state index in [0.29, 0.717) is 32.6 Å². The molecule has 1 saturated carbocycles. The van der Waals surface area contributed by atoms with Gasteiger partial charge in [-0.2, -0.15) is 0 Å². The van der Waals surface area contributed by atoms with Crippen LogP contribution in [0.2, 0.25) is 0 Å². The molecular weight excluding hydrogens is 230 g/mol. The molecule has 0 aromatic heterocycles. The first-order valence-electron chi connectivity index (χ1n) is 7.13. The number of carbonyl (C=O) groups excluding carboxylic acids is 1. The van der Waals surface area contributed by atoms with Crippen molar-refractivity contribution < 1.29 is 14.6 Å². The van der Waals surface area contributed by atoms with Crippen LogP contribution in [0.5, 0.6) is 0 Å². The normalized spacial score (nSPS) is 26.6. The van der Waals surface area contributed by atoms with Gasteiger partial charge in [0.1, 0.15) is 0 Å². The summed E-state index contributed by atoms with van der Waals surface area (Å²) in [5.41, 5.74) is -0.987. The van der Waals surface area contributed by atoms with Crippen LogP contribution in [0.3, 0.4) is 0 Å². The molecule has 1 saturated heterocycles. The fourth-order valence-corrected chi connectivity index (χ4v) is 2.95. The molecule has 2 N–H and O–H groups in total. The van der Waals surface area contributed by atoms with E-state index in [2.05, 4.69) is 12.2 Å². The molecule has 0 atom stereocenters. The van der Waals surface area contributed by atoms with Gasteiger partial charge >= 0.3 is 0 Å². The molecule has 1 aliphatic heterocycles. The predicted molar refractivity (Wildman–Crippen MR) is 69.2 cm³/mol. The van der Waals surface area contributed by atoms with Gasteiger partial charge in [0, 0.05) is 38.0 Å². The Bertz CT molecular complexity index is 291. The van der Waals surface area contributed by atoms with Crippen molar-refractivity contribution in [3.8, 4) is 0 Å². The summed E-state index contributed by atoms with van der Waals surface area (Å²) in [6, 6.07) is 0. The summed E-state index contributed by atoms with van der Waals surface area (Å²) < 4.78 is 5.24. The Kier molecular flexibility index (Phi) is 4.28. The number of amides is 1. The zero-order valence-electron chi connectivity index (χ0n) is 11.3. The van der Waals surface area contributed by atoms with Crippen LogP contribution in [0.25, 0.3) is 0 Å². The molecule has 1 aliphatic carbocycles. The van der Waals surface area contributed by atoms with Crippen molar-refractivity contribution >= 4 is 5.91 Å². The maximum Gasteiger partial charge on any atom is 0.226 e. The smallest absolute Gasteiger partial charge is 0.226 e. The van der Waals surface area contributed by atoms with Crippen molar-refractivity contribution in [1.29, 1.82) is 0 Å². The van der Waals surface area contributed by atoms with Crippen LogP contribution in [-0.4, -0.2) is 36.4 Å². The quantitative estimate of drug-likeness (QED) is 0.805. The minimum atomic E-state index is -0.765. The monoisotopic (exact) mass is 255 g/mol. The van der Waals surface area contributed by atoms with Crippen LogP contribution in [0.4, 0.5) is 0 Å². The van der Waals surface area contributed by atoms with Crippen molar-refractivity contribution in [1.82, 2.24) is 5.32 Å². The Morgan fingerprint density at radius 3 is 2.39 bits per heavy atom. The number of aliphatic hydroxyl groups is 1. The van der Waals surface area contributed by atoms with E-state index in [4.69, 9.17) is 4.74 Å². The highest BCUT2D eigenvalue weighted by molar-refractivity contribution is 5.82. The largest absolute Gasteiger partial charge is 0.388 e. The summed E-state index contributed by atoms with van der Waals surface area (Å²) in [5, 5.41) is 13.3. The Balaban J connectivity index is 1.83. The lowest BCUT2D eigenvalue weighted by molar-refractivity contribution is -0.134. The molecule has 0 spiro atoms. The highest BCUT2D eigenvalue weighted by atomic mass is 16.5. The highest BCUT2D eigenvalue weighted by Gasteiger charge is 2.36. The second-order valence-corrected chi connectivity index (χ2v) is 6.14. The first-order chi connectivity index (χ1) is 8.54. The van der Waals surface area contributed by atoms with Crippen molar-refractivity contribution in [3.05, 3.63) is 0 Å². The standard InChI is InChI=1S/C14H25NO3/c1-13(5-3-2-4-6-13)12(16)15-11-14(17)7-9-18-10-8-14/h17H,2-11H2,1H3,(H,15,16). The fraction of sp³-hybridized carbons (Fsp3) is 0.929. The van der Waals surface area contributed by atoms with Crippen LogP contribution >= 0.6 is 0 Å². The summed E-state index contributed by atoms with van der Waals surface area (Å²) >= 11 is 0. The number of nitrogens with one attached hydrogen (secondary N) is 1. The Hall–Kier alpha value is -0.610. The number of hydrogen-bond acceptors (Lipinski definition) is 3. The van der Waals surface area contributed by atoms with Gasteiger partial charge in [-0.05, 0) is 12.8 Å². The molecule has 4 nitrogen and oxygen atoms in total. The second-order valence-electron chi connectivity index (χ2n) is 6.14. The molecule has 2 fully saturated rings. The summed E-state index contributed by atoms with van der Waals surface area (Å²) in [4.78, 5) is 12.3. The Morgan fingerprint density at radius 2 is 1.78 bits per heavy atom. The van der Waals surface area contributed by atoms with Crippen molar-refractivity contribution in [2.75, 3.05) is 19.8 Å². The lowest BCUT2D eigenvalue weighted by atomic mass is 9.75. The van der Waals surface area contributed by atoms with Crippen molar-refractivity contribution in [2.24, 2.45) is 5.41 Å². The first kappa shape index (κ1) is 13.8. The molecule has 2 rings (SSSR count). The minimum Gasteiger partial charge on any atom is -0.388 e. The van der Waals surface area contributed by atoms with Crippen molar-refractivity contribution in [2.45, 2.75) is 57.5 Å². The zero-order chi connectivity index (χ0) is 13.1. The molecule has 1 heterocycles. The van der Waals surface area contributed by atoms with Crippen LogP contribution in [-0.2, 0) is 9.53 Å². The van der Waals surface area contributed by atoms with E-state index < -0.39 is 5.60 Å². The van der Waals surface area contributed by atoms with Crippen LogP contribution in [0, 0.1) is 5.41 Å². The molecule has 104 valence electrons. The van der Waals surface area contributed by atoms with Gasteiger partial charge in [0.25, 0.3) is 0 Å². The van der Waals surface area contributed by atoms with Crippen LogP contribution in [0.1, 0.15) is 51.9 Å². The molecule has 2 aliphatic rings. The molecule has 0 radical (unpaired) electrons. The SMILES string of the molecule is CC1(C(=O)NCC2(O)CCOCC2)CCCCC1. The van der Waals surface area contributed by atoms with Gasteiger partial charge < -0.3 is 15.2 Å². The van der Waals surface area contributed by atoms with Crippen LogP contribution in [0.15, 0.2) is 0 Å². The number of hydrogen-bond donors (Lipinski definition) is 2. The van der Waals surface area contributed by atoms with E-state index in [1.54, 1.807) is 0 Å². The van der Waals surface area contributed by atoms with Gasteiger partial charge in [0.2, 0.25) is 5.91 Å². The topological polar surface area (TPSA) is 58.6 Å². The molecule has 0 bridgehead atoms. The maximum absolute atomic E-state index is 12.3. The van der Waals surface area contributed by atoms with Gasteiger partial charge in [0.15, 0.2) is 0 Å². The molecule has 1 amide bonds. The summed E-state index contributed by atoms with van der Waals surface area (Å²) in [5.74, 6) is 0.113. The lowest BCUT2D eigenvalue weighted by Gasteiger charge is -2.36. The van der Waals surface area contributed by atoms with E-state index in [1.807, 2.05) is 0 Å². The third-order valence-corrected chi connectivity index (χ3v) is 4.51. The highest BCUT2D eigenvalue weighted by Crippen LogP contribution is 2.36. The third kappa shape index (κ3) is 3.23. The van der Waals surface area contributed by atoms with Gasteiger partial charge in [-0.3, -0.25) is 4.79 Å². The summed E-state index contributed by atoms with van der Waals surface area (Å²) in [7, 11) is 0. The molecule has 4 heteroatoms. The molecular formula is C14H25NO3. The number of rotatable bonds is 3. The van der Waals surface area contributed by atoms with Gasteiger partial charge in [-0.1, -0.05) is 26.2 Å². The van der Waals surface area contributed by atoms with E-state index in [0.717, 1.165) is 25.7 Å². The summed E-state index contributed by atoms with van der Waals surface area (Å²) in [6.07, 6.45) is 6.70. The predicted octanol–water partition coefficient (Wildman–Crippen LogP) is 1.61. The fourth-order valence-electron chi connectivity index (χ4n) is 2.95. The third-order valence-electron chi connectivity index (χ3n) is 4.51. The maximum atomic E-state index is 12.3. The lowest BCUT2D eigenvalue weighted by Crippen LogP contribution is -2.50. The van der Waals surface area contributed by atoms with E-state index in [9.17, 15) is 9.90 Å². The van der Waals surface area contributed by atoms with E-state index in [-0.39, 0.29) is 11.3 Å². The second kappa shape index (κ2) is 5.57. The first-order valence-corrected chi connectivity index (χ1v) is 7.13. The minimum absolute atomic E-state index is 0.113. The van der Waals surface area contributed by atoms with E-state index in [1.165, 1.54) is 6.42 Å². The molecule has 18 heavy (non-hydrogen) atoms. The average Bonchev–Trinajstić information content (AvgIpc) is 2.38. The Morgan fingerprint density at radius 1 is 1.17 bits per heavy atom. The molecule has 0 aromatic rings. The van der Waals surface area contributed by atoms with Crippen molar-refractivity contribution in [3.63, 3.8) is 0 Å². The van der Waals surface area contributed by atoms with Crippen LogP contribution < -0.4 is 5.32 Å². The Labute approximate surface area is 109 Å². The summed E-state index contributed by atoms with van der Waals surface area (Å²) in [6.45, 7) is 3.59. The number of ether oxygens (including phenoxy) is 1. The average molecular weight is 255 g/mol. The number of carbonyl (C=O) groups is 1. The zero-order valence-corrected chi connectivity index (χ0v) is 11.3.